The smallest absolute Gasteiger partial charge is 0.283 e. The molecule has 0 radical (unpaired) electrons. The fourth-order valence-corrected chi connectivity index (χ4v) is 3.30. The molecule has 0 bridgehead atoms. The number of halogens is 1. The fraction of sp³-hybridized carbons (Fsp3) is 0.714. The van der Waals surface area contributed by atoms with Gasteiger partial charge < -0.3 is 10.6 Å². The number of hydrogen-bond donors (Lipinski definition) is 1. The maximum absolute atomic E-state index is 12.2. The Balaban J connectivity index is 2.11. The minimum Gasteiger partial charge on any atom is -0.369 e. The Morgan fingerprint density at radius 2 is 2.15 bits per heavy atom. The Hall–Kier alpha value is -0.880. The molecule has 112 valence electrons. The van der Waals surface area contributed by atoms with Crippen LogP contribution in [0.2, 0.25) is 0 Å². The van der Waals surface area contributed by atoms with E-state index in [0.29, 0.717) is 11.0 Å². The second-order valence-electron chi connectivity index (χ2n) is 5.38. The van der Waals surface area contributed by atoms with Crippen LogP contribution >= 0.6 is 15.9 Å². The average molecular weight is 343 g/mol. The maximum atomic E-state index is 12.2. The van der Waals surface area contributed by atoms with Crippen molar-refractivity contribution in [3.05, 3.63) is 21.0 Å². The Morgan fingerprint density at radius 1 is 1.45 bits per heavy atom. The monoisotopic (exact) mass is 342 g/mol. The Labute approximate surface area is 128 Å². The molecule has 1 aliphatic heterocycles. The van der Waals surface area contributed by atoms with E-state index in [4.69, 9.17) is 5.73 Å². The summed E-state index contributed by atoms with van der Waals surface area (Å²) in [6, 6.07) is 0. The van der Waals surface area contributed by atoms with Gasteiger partial charge in [-0.25, -0.2) is 4.68 Å². The molecule has 0 aromatic carbocycles. The molecule has 1 aliphatic rings. The van der Waals surface area contributed by atoms with Crippen LogP contribution in [0.5, 0.6) is 0 Å². The van der Waals surface area contributed by atoms with Crippen molar-refractivity contribution >= 4 is 21.6 Å². The number of hydrogen-bond acceptors (Lipinski definition) is 4. The van der Waals surface area contributed by atoms with Gasteiger partial charge in [0.05, 0.1) is 11.9 Å². The lowest BCUT2D eigenvalue weighted by Crippen LogP contribution is -2.36. The first-order valence-corrected chi connectivity index (χ1v) is 8.17. The highest BCUT2D eigenvalue weighted by Crippen LogP contribution is 2.28. The van der Waals surface area contributed by atoms with E-state index in [1.54, 1.807) is 0 Å². The van der Waals surface area contributed by atoms with Gasteiger partial charge in [0.1, 0.15) is 4.47 Å². The molecule has 1 fully saturated rings. The van der Waals surface area contributed by atoms with Gasteiger partial charge in [0.25, 0.3) is 5.56 Å². The number of aryl methyl sites for hydroxylation is 1. The van der Waals surface area contributed by atoms with Crippen LogP contribution in [0.25, 0.3) is 0 Å². The van der Waals surface area contributed by atoms with E-state index in [1.807, 2.05) is 13.1 Å². The summed E-state index contributed by atoms with van der Waals surface area (Å²) in [4.78, 5) is 14.5. The molecule has 0 saturated carbocycles. The summed E-state index contributed by atoms with van der Waals surface area (Å²) in [5, 5.41) is 4.27. The molecule has 0 aliphatic carbocycles. The normalized spacial score (nSPS) is 16.6. The maximum Gasteiger partial charge on any atom is 0.283 e. The highest BCUT2D eigenvalue weighted by Gasteiger charge is 2.21. The van der Waals surface area contributed by atoms with Gasteiger partial charge >= 0.3 is 0 Å². The Bertz CT molecular complexity index is 494. The molecule has 5 nitrogen and oxygen atoms in total. The summed E-state index contributed by atoms with van der Waals surface area (Å²) in [5.41, 5.74) is 6.51. The molecule has 0 spiro atoms. The molecule has 20 heavy (non-hydrogen) atoms. The lowest BCUT2D eigenvalue weighted by atomic mass is 9.93. The lowest BCUT2D eigenvalue weighted by Gasteiger charge is -2.33. The number of rotatable bonds is 5. The van der Waals surface area contributed by atoms with Crippen molar-refractivity contribution < 1.29 is 0 Å². The molecular weight excluding hydrogens is 320 g/mol. The lowest BCUT2D eigenvalue weighted by molar-refractivity contribution is 0.385. The van der Waals surface area contributed by atoms with Crippen molar-refractivity contribution in [2.24, 2.45) is 11.7 Å². The molecule has 0 unspecified atom stereocenters. The topological polar surface area (TPSA) is 64.2 Å². The van der Waals surface area contributed by atoms with Crippen LogP contribution in [-0.4, -0.2) is 29.4 Å². The van der Waals surface area contributed by atoms with Crippen LogP contribution in [0.3, 0.4) is 0 Å². The molecule has 1 saturated heterocycles. The first-order valence-electron chi connectivity index (χ1n) is 7.38. The van der Waals surface area contributed by atoms with Gasteiger partial charge in [-0.05, 0) is 54.1 Å². The van der Waals surface area contributed by atoms with E-state index in [9.17, 15) is 4.79 Å². The fourth-order valence-electron chi connectivity index (χ4n) is 2.75. The third-order valence-corrected chi connectivity index (χ3v) is 4.68. The first kappa shape index (κ1) is 15.5. The molecule has 2 heterocycles. The number of anilines is 1. The minimum atomic E-state index is -0.0339. The summed E-state index contributed by atoms with van der Waals surface area (Å²) < 4.78 is 2.16. The van der Waals surface area contributed by atoms with Gasteiger partial charge in [0.2, 0.25) is 0 Å². The quantitative estimate of drug-likeness (QED) is 0.888. The van der Waals surface area contributed by atoms with Crippen molar-refractivity contribution in [3.63, 3.8) is 0 Å². The zero-order valence-electron chi connectivity index (χ0n) is 12.0. The summed E-state index contributed by atoms with van der Waals surface area (Å²) in [5.74, 6) is 0.725. The number of nitrogens with two attached hydrogens (primary N) is 1. The van der Waals surface area contributed by atoms with E-state index in [-0.39, 0.29) is 5.56 Å². The summed E-state index contributed by atoms with van der Waals surface area (Å²) in [6.07, 6.45) is 6.10. The van der Waals surface area contributed by atoms with Crippen molar-refractivity contribution in [2.45, 2.75) is 39.2 Å². The Kier molecular flexibility index (Phi) is 5.60. The molecule has 2 N–H and O–H groups in total. The summed E-state index contributed by atoms with van der Waals surface area (Å²) >= 11 is 3.45. The second kappa shape index (κ2) is 7.22. The first-order chi connectivity index (χ1) is 9.67. The third kappa shape index (κ3) is 3.41. The number of piperidine rings is 1. The van der Waals surface area contributed by atoms with Crippen molar-refractivity contribution in [1.29, 1.82) is 0 Å². The predicted octanol–water partition coefficient (Wildman–Crippen LogP) is 1.98. The molecule has 0 atom stereocenters. The molecule has 1 aromatic rings. The molecule has 2 rings (SSSR count). The van der Waals surface area contributed by atoms with E-state index >= 15 is 0 Å². The van der Waals surface area contributed by atoms with E-state index in [2.05, 4.69) is 25.9 Å². The third-order valence-electron chi connectivity index (χ3n) is 3.93. The van der Waals surface area contributed by atoms with Crippen LogP contribution in [0.15, 0.2) is 15.5 Å². The van der Waals surface area contributed by atoms with Crippen LogP contribution in [0.1, 0.15) is 32.6 Å². The van der Waals surface area contributed by atoms with E-state index in [1.165, 1.54) is 4.68 Å². The Morgan fingerprint density at radius 3 is 2.75 bits per heavy atom. The van der Waals surface area contributed by atoms with Crippen LogP contribution in [0.4, 0.5) is 5.69 Å². The number of nitrogens with zero attached hydrogens (tertiary/aromatic N) is 3. The van der Waals surface area contributed by atoms with Crippen LogP contribution in [-0.2, 0) is 6.54 Å². The molecule has 6 heteroatoms. The van der Waals surface area contributed by atoms with Gasteiger partial charge in [-0.3, -0.25) is 4.79 Å². The summed E-state index contributed by atoms with van der Waals surface area (Å²) in [6.45, 7) is 5.42. The molecule has 1 aromatic heterocycles. The standard InChI is InChI=1S/C14H23BrN4O/c1-2-7-19-14(20)13(15)12(10-17-19)18-8-4-11(3-6-16)5-9-18/h10-11H,2-9,16H2,1H3. The van der Waals surface area contributed by atoms with Crippen molar-refractivity contribution in [3.8, 4) is 0 Å². The second-order valence-corrected chi connectivity index (χ2v) is 6.17. The van der Waals surface area contributed by atoms with Crippen LogP contribution in [0, 0.1) is 5.92 Å². The van der Waals surface area contributed by atoms with Crippen molar-refractivity contribution in [2.75, 3.05) is 24.5 Å². The summed E-state index contributed by atoms with van der Waals surface area (Å²) in [7, 11) is 0. The van der Waals surface area contributed by atoms with Crippen molar-refractivity contribution in [1.82, 2.24) is 9.78 Å². The van der Waals surface area contributed by atoms with E-state index < -0.39 is 0 Å². The number of aromatic nitrogens is 2. The average Bonchev–Trinajstić information content (AvgIpc) is 2.46. The molecular formula is C14H23BrN4O. The predicted molar refractivity (Wildman–Crippen MR) is 85.1 cm³/mol. The zero-order valence-corrected chi connectivity index (χ0v) is 13.6. The highest BCUT2D eigenvalue weighted by molar-refractivity contribution is 9.10. The minimum absolute atomic E-state index is 0.0339. The SMILES string of the molecule is CCCn1ncc(N2CCC(CCN)CC2)c(Br)c1=O. The molecule has 0 amide bonds. The van der Waals surface area contributed by atoms with E-state index in [0.717, 1.165) is 56.9 Å². The largest absolute Gasteiger partial charge is 0.369 e. The zero-order chi connectivity index (χ0) is 14.5. The van der Waals surface area contributed by atoms with Gasteiger partial charge in [-0.1, -0.05) is 6.92 Å². The van der Waals surface area contributed by atoms with Gasteiger partial charge in [0, 0.05) is 19.6 Å². The van der Waals surface area contributed by atoms with Gasteiger partial charge in [-0.15, -0.1) is 0 Å². The highest BCUT2D eigenvalue weighted by atomic mass is 79.9. The van der Waals surface area contributed by atoms with Gasteiger partial charge in [-0.2, -0.15) is 5.10 Å². The van der Waals surface area contributed by atoms with Gasteiger partial charge in [0.15, 0.2) is 0 Å². The van der Waals surface area contributed by atoms with Crippen LogP contribution < -0.4 is 16.2 Å².